The minimum Gasteiger partial charge on any atom is -0.481 e. The molecule has 0 spiro atoms. The molecule has 1 aromatic carbocycles. The van der Waals surface area contributed by atoms with Crippen LogP contribution < -0.4 is 11.1 Å². The first-order chi connectivity index (χ1) is 14.2. The van der Waals surface area contributed by atoms with Gasteiger partial charge in [-0.1, -0.05) is 6.07 Å². The number of cyclic esters (lactones) is 1. The zero-order valence-corrected chi connectivity index (χ0v) is 17.1. The van der Waals surface area contributed by atoms with Crippen molar-refractivity contribution >= 4 is 28.9 Å². The molecular formula is C20H28N4O6. The fourth-order valence-electron chi connectivity index (χ4n) is 3.00. The second kappa shape index (κ2) is 10.6. The van der Waals surface area contributed by atoms with Crippen molar-refractivity contribution in [1.82, 2.24) is 15.2 Å². The average Bonchev–Trinajstić information content (AvgIpc) is 3.25. The van der Waals surface area contributed by atoms with E-state index in [-0.39, 0.29) is 12.1 Å². The summed E-state index contributed by atoms with van der Waals surface area (Å²) in [6.45, 7) is 1.49. The van der Waals surface area contributed by atoms with Gasteiger partial charge in [0.05, 0.1) is 12.5 Å². The van der Waals surface area contributed by atoms with Crippen LogP contribution in [0.4, 0.5) is 4.79 Å². The summed E-state index contributed by atoms with van der Waals surface area (Å²) in [5.74, 6) is -2.50. The number of nitrogens with zero attached hydrogens (tertiary/aromatic N) is 1. The molecule has 0 bridgehead atoms. The second-order valence-corrected chi connectivity index (χ2v) is 7.43. The monoisotopic (exact) mass is 420 g/mol. The van der Waals surface area contributed by atoms with Crippen LogP contribution >= 0.6 is 0 Å². The smallest absolute Gasteiger partial charge is 0.407 e. The molecule has 10 heteroatoms. The number of rotatable bonds is 8. The van der Waals surface area contributed by atoms with E-state index in [9.17, 15) is 14.4 Å². The Morgan fingerprint density at radius 3 is 2.60 bits per heavy atom. The number of aliphatic carboxylic acids is 2. The molecule has 10 nitrogen and oxygen atoms in total. The Bertz CT molecular complexity index is 895. The Balaban J connectivity index is 0.000000303. The van der Waals surface area contributed by atoms with Crippen molar-refractivity contribution in [3.8, 4) is 0 Å². The number of likely N-dealkylation sites (N-methyl/N-ethyl adjacent to an activating group) is 1. The number of alkyl carbamates (subject to hydrolysis) is 1. The molecule has 0 saturated carbocycles. The van der Waals surface area contributed by atoms with Crippen molar-refractivity contribution in [1.29, 1.82) is 0 Å². The summed E-state index contributed by atoms with van der Waals surface area (Å²) in [4.78, 5) is 36.2. The number of fused-ring (bicyclic) bond motifs is 1. The Morgan fingerprint density at radius 2 is 2.07 bits per heavy atom. The molecule has 0 aliphatic carbocycles. The molecule has 1 unspecified atom stereocenters. The summed E-state index contributed by atoms with van der Waals surface area (Å²) >= 11 is 0. The van der Waals surface area contributed by atoms with Gasteiger partial charge < -0.3 is 35.9 Å². The lowest BCUT2D eigenvalue weighted by Gasteiger charge is -2.09. The lowest BCUT2D eigenvalue weighted by molar-refractivity contribution is -0.144. The summed E-state index contributed by atoms with van der Waals surface area (Å²) in [5.41, 5.74) is 8.57. The van der Waals surface area contributed by atoms with E-state index in [0.29, 0.717) is 6.61 Å². The number of benzene rings is 1. The Hall–Kier alpha value is -3.11. The molecule has 6 N–H and O–H groups in total. The predicted molar refractivity (Wildman–Crippen MR) is 110 cm³/mol. The molecule has 2 heterocycles. The number of aromatic amines is 1. The van der Waals surface area contributed by atoms with E-state index < -0.39 is 24.4 Å². The molecule has 3 rings (SSSR count). The van der Waals surface area contributed by atoms with Gasteiger partial charge >= 0.3 is 18.0 Å². The highest BCUT2D eigenvalue weighted by Crippen LogP contribution is 2.21. The largest absolute Gasteiger partial charge is 0.481 e. The summed E-state index contributed by atoms with van der Waals surface area (Å²) in [6.07, 6.45) is 3.09. The van der Waals surface area contributed by atoms with Crippen LogP contribution in [0.15, 0.2) is 24.4 Å². The fraction of sp³-hybridized carbons (Fsp3) is 0.450. The molecule has 2 aromatic rings. The number of hydrogen-bond donors (Lipinski definition) is 5. The van der Waals surface area contributed by atoms with E-state index in [0.717, 1.165) is 19.4 Å². The molecule has 1 amide bonds. The number of nitrogens with two attached hydrogens (primary N) is 1. The van der Waals surface area contributed by atoms with Gasteiger partial charge in [0.1, 0.15) is 12.6 Å². The normalized spacial score (nSPS) is 16.5. The molecular weight excluding hydrogens is 392 g/mol. The summed E-state index contributed by atoms with van der Waals surface area (Å²) in [5, 5.41) is 20.1. The summed E-state index contributed by atoms with van der Waals surface area (Å²) in [6, 6.07) is 5.24. The number of aromatic nitrogens is 1. The predicted octanol–water partition coefficient (Wildman–Crippen LogP) is 0.796. The van der Waals surface area contributed by atoms with Crippen LogP contribution in [0.3, 0.4) is 0 Å². The summed E-state index contributed by atoms with van der Waals surface area (Å²) in [7, 11) is 4.17. The topological polar surface area (TPSA) is 158 Å². The van der Waals surface area contributed by atoms with E-state index in [2.05, 4.69) is 53.7 Å². The Morgan fingerprint density at radius 1 is 1.33 bits per heavy atom. The summed E-state index contributed by atoms with van der Waals surface area (Å²) < 4.78 is 4.94. The number of carboxylic acids is 2. The maximum Gasteiger partial charge on any atom is 0.407 e. The van der Waals surface area contributed by atoms with Crippen molar-refractivity contribution in [2.75, 3.05) is 27.2 Å². The third-order valence-corrected chi connectivity index (χ3v) is 4.59. The average molecular weight is 420 g/mol. The van der Waals surface area contributed by atoms with Crippen LogP contribution in [0.1, 0.15) is 17.5 Å². The standard InChI is InChI=1S/C16H21N3O2.C4H7NO4/c1-19(2)6-5-12-9-17-15-4-3-11(8-14(12)15)7-13-10-21-16(20)18-13;5-2(4(8)9)1-3(6)7/h3-4,8-9,13,17H,5-7,10H2,1-2H3,(H,18,20);2H,1,5H2,(H,6,7)(H,8,9)/t13-;/m0./s1. The maximum absolute atomic E-state index is 11.1. The zero-order valence-electron chi connectivity index (χ0n) is 17.1. The molecule has 1 fully saturated rings. The lowest BCUT2D eigenvalue weighted by atomic mass is 10.0. The quantitative estimate of drug-likeness (QED) is 0.419. The van der Waals surface area contributed by atoms with E-state index in [4.69, 9.17) is 20.7 Å². The lowest BCUT2D eigenvalue weighted by Crippen LogP contribution is -2.32. The third kappa shape index (κ3) is 7.05. The number of nitrogens with one attached hydrogen (secondary N) is 2. The molecule has 1 aromatic heterocycles. The number of carbonyl (C=O) groups excluding carboxylic acids is 1. The fourth-order valence-corrected chi connectivity index (χ4v) is 3.00. The van der Waals surface area contributed by atoms with Crippen LogP contribution in [0.2, 0.25) is 0 Å². The number of carboxylic acid groups (broad SMARTS) is 2. The zero-order chi connectivity index (χ0) is 22.3. The highest BCUT2D eigenvalue weighted by molar-refractivity contribution is 5.84. The van der Waals surface area contributed by atoms with Crippen molar-refractivity contribution in [3.05, 3.63) is 35.5 Å². The third-order valence-electron chi connectivity index (χ3n) is 4.59. The van der Waals surface area contributed by atoms with Crippen molar-refractivity contribution in [2.24, 2.45) is 5.73 Å². The van der Waals surface area contributed by atoms with E-state index in [1.807, 2.05) is 0 Å². The van der Waals surface area contributed by atoms with Gasteiger partial charge in [0.25, 0.3) is 0 Å². The van der Waals surface area contributed by atoms with Crippen molar-refractivity contribution in [2.45, 2.75) is 31.3 Å². The van der Waals surface area contributed by atoms with Gasteiger partial charge in [0, 0.05) is 23.6 Å². The Kier molecular flexibility index (Phi) is 8.19. The number of hydrogen-bond acceptors (Lipinski definition) is 6. The number of ether oxygens (including phenoxy) is 1. The SMILES string of the molecule is CN(C)CCc1c[nH]c2ccc(C[C@H]3COC(=O)N3)cc12.NC(CC(=O)O)C(=O)O. The van der Waals surface area contributed by atoms with Gasteiger partial charge in [-0.2, -0.15) is 0 Å². The maximum atomic E-state index is 11.1. The molecule has 1 aliphatic rings. The number of amides is 1. The number of carbonyl (C=O) groups is 3. The molecule has 164 valence electrons. The van der Waals surface area contributed by atoms with Crippen LogP contribution in [-0.2, 0) is 27.2 Å². The van der Waals surface area contributed by atoms with Crippen LogP contribution in [-0.4, -0.2) is 77.5 Å². The highest BCUT2D eigenvalue weighted by atomic mass is 16.6. The first kappa shape index (κ1) is 23.2. The first-order valence-electron chi connectivity index (χ1n) is 9.52. The number of H-pyrrole nitrogens is 1. The molecule has 1 saturated heterocycles. The molecule has 1 aliphatic heterocycles. The van der Waals surface area contributed by atoms with Crippen LogP contribution in [0.5, 0.6) is 0 Å². The van der Waals surface area contributed by atoms with Gasteiger partial charge in [-0.05, 0) is 50.2 Å². The van der Waals surface area contributed by atoms with Gasteiger partial charge in [-0.3, -0.25) is 9.59 Å². The van der Waals surface area contributed by atoms with Gasteiger partial charge in [-0.15, -0.1) is 0 Å². The van der Waals surface area contributed by atoms with Gasteiger partial charge in [0.15, 0.2) is 0 Å². The Labute approximate surface area is 174 Å². The van der Waals surface area contributed by atoms with E-state index in [1.165, 1.54) is 22.0 Å². The van der Waals surface area contributed by atoms with Crippen molar-refractivity contribution in [3.63, 3.8) is 0 Å². The molecule has 0 radical (unpaired) electrons. The molecule has 30 heavy (non-hydrogen) atoms. The van der Waals surface area contributed by atoms with Crippen molar-refractivity contribution < 1.29 is 29.3 Å². The minimum atomic E-state index is -1.29. The highest BCUT2D eigenvalue weighted by Gasteiger charge is 2.22. The van der Waals surface area contributed by atoms with Gasteiger partial charge in [0.2, 0.25) is 0 Å². The molecule has 2 atom stereocenters. The van der Waals surface area contributed by atoms with Gasteiger partial charge in [-0.25, -0.2) is 4.79 Å². The second-order valence-electron chi connectivity index (χ2n) is 7.43. The van der Waals surface area contributed by atoms with E-state index in [1.54, 1.807) is 0 Å². The van der Waals surface area contributed by atoms with Crippen LogP contribution in [0.25, 0.3) is 10.9 Å². The van der Waals surface area contributed by atoms with E-state index >= 15 is 0 Å². The van der Waals surface area contributed by atoms with Crippen LogP contribution in [0, 0.1) is 0 Å². The first-order valence-corrected chi connectivity index (χ1v) is 9.52. The minimum absolute atomic E-state index is 0.0825.